The Morgan fingerprint density at radius 1 is 1.23 bits per heavy atom. The zero-order valence-electron chi connectivity index (χ0n) is 13.8. The van der Waals surface area contributed by atoms with Crippen molar-refractivity contribution in [2.75, 3.05) is 7.11 Å². The van der Waals surface area contributed by atoms with Crippen LogP contribution in [0.2, 0.25) is 5.02 Å². The summed E-state index contributed by atoms with van der Waals surface area (Å²) in [5.74, 6) is -3.52. The molecule has 0 radical (unpaired) electrons. The molecule has 1 saturated carbocycles. The maximum atomic E-state index is 14.3. The minimum Gasteiger partial charge on any atom is -0.469 e. The summed E-state index contributed by atoms with van der Waals surface area (Å²) in [5, 5.41) is 0.344. The van der Waals surface area contributed by atoms with Crippen LogP contribution >= 0.6 is 11.6 Å². The summed E-state index contributed by atoms with van der Waals surface area (Å²) in [6, 6.07) is 5.55. The first kappa shape index (κ1) is 17.5. The van der Waals surface area contributed by atoms with Gasteiger partial charge in [0.1, 0.15) is 5.41 Å². The van der Waals surface area contributed by atoms with Crippen LogP contribution in [0, 0.1) is 16.7 Å². The molecular formula is C18H14ClF3O4. The first-order valence-electron chi connectivity index (χ1n) is 7.90. The minimum atomic E-state index is -4.83. The first-order valence-corrected chi connectivity index (χ1v) is 8.28. The molecule has 5 atom stereocenters. The molecule has 0 spiro atoms. The molecule has 0 amide bonds. The van der Waals surface area contributed by atoms with E-state index in [1.807, 2.05) is 0 Å². The molecular weight excluding hydrogens is 373 g/mol. The van der Waals surface area contributed by atoms with Gasteiger partial charge in [-0.25, -0.2) is 0 Å². The van der Waals surface area contributed by atoms with Crippen molar-refractivity contribution in [2.24, 2.45) is 16.7 Å². The Balaban J connectivity index is 1.95. The largest absolute Gasteiger partial charge is 0.469 e. The van der Waals surface area contributed by atoms with Crippen LogP contribution in [0.1, 0.15) is 17.3 Å². The molecule has 1 aromatic carbocycles. The molecule has 2 aliphatic heterocycles. The number of ether oxygens (including phenoxy) is 2. The van der Waals surface area contributed by atoms with E-state index in [1.54, 1.807) is 0 Å². The summed E-state index contributed by atoms with van der Waals surface area (Å²) in [7, 11) is 1.01. The van der Waals surface area contributed by atoms with Gasteiger partial charge < -0.3 is 9.47 Å². The van der Waals surface area contributed by atoms with E-state index in [0.717, 1.165) is 7.11 Å². The molecule has 0 aromatic heterocycles. The Kier molecular flexibility index (Phi) is 3.30. The number of ketones is 1. The Hall–Kier alpha value is -1.86. The predicted molar refractivity (Wildman–Crippen MR) is 84.6 cm³/mol. The van der Waals surface area contributed by atoms with Gasteiger partial charge in [0.25, 0.3) is 0 Å². The number of benzene rings is 1. The maximum absolute atomic E-state index is 14.3. The summed E-state index contributed by atoms with van der Waals surface area (Å²) in [6.45, 7) is 1.41. The van der Waals surface area contributed by atoms with Crippen LogP contribution in [0.3, 0.4) is 0 Å². The molecule has 3 aliphatic rings. The van der Waals surface area contributed by atoms with Gasteiger partial charge in [0.2, 0.25) is 0 Å². The van der Waals surface area contributed by atoms with Gasteiger partial charge in [-0.2, -0.15) is 13.2 Å². The van der Waals surface area contributed by atoms with E-state index in [-0.39, 0.29) is 5.56 Å². The molecule has 138 valence electrons. The van der Waals surface area contributed by atoms with Crippen LogP contribution in [0.4, 0.5) is 13.2 Å². The van der Waals surface area contributed by atoms with Gasteiger partial charge in [0.15, 0.2) is 5.78 Å². The number of fused-ring (bicyclic) bond motifs is 5. The highest BCUT2D eigenvalue weighted by atomic mass is 35.5. The predicted octanol–water partition coefficient (Wildman–Crippen LogP) is 3.59. The van der Waals surface area contributed by atoms with E-state index >= 15 is 0 Å². The second-order valence-corrected chi connectivity index (χ2v) is 7.41. The Labute approximate surface area is 151 Å². The summed E-state index contributed by atoms with van der Waals surface area (Å²) in [6.07, 6.45) is -3.52. The van der Waals surface area contributed by atoms with Crippen molar-refractivity contribution < 1.29 is 32.2 Å². The summed E-state index contributed by atoms with van der Waals surface area (Å²) >= 11 is 5.81. The topological polar surface area (TPSA) is 52.6 Å². The maximum Gasteiger partial charge on any atom is 0.399 e. The van der Waals surface area contributed by atoms with E-state index in [2.05, 4.69) is 4.74 Å². The molecule has 1 aromatic rings. The fourth-order valence-electron chi connectivity index (χ4n) is 5.07. The van der Waals surface area contributed by atoms with E-state index in [4.69, 9.17) is 16.3 Å². The van der Waals surface area contributed by atoms with Crippen molar-refractivity contribution >= 4 is 23.4 Å². The van der Waals surface area contributed by atoms with Crippen LogP contribution < -0.4 is 0 Å². The molecule has 0 unspecified atom stereocenters. The molecule has 26 heavy (non-hydrogen) atoms. The number of carbonyl (C=O) groups is 2. The molecule has 0 N–H and O–H groups in total. The van der Waals surface area contributed by atoms with Gasteiger partial charge in [-0.15, -0.1) is 0 Å². The number of esters is 1. The standard InChI is InChI=1S/C18H14ClF3O4/c1-15-8-7-11(26-15)16(18(20,21)22)12(14(24)25-2)17(15,16)13(23)9-3-5-10(19)6-4-9/h3-8,11-12H,1-2H3/t11-,12+,15+,16-,17-/m1/s1. The number of alkyl halides is 3. The lowest BCUT2D eigenvalue weighted by Gasteiger charge is -2.30. The van der Waals surface area contributed by atoms with Crippen molar-refractivity contribution in [2.45, 2.75) is 24.8 Å². The SMILES string of the molecule is COC(=O)[C@H]1[C@]2(C(F)(F)F)[C@H]3C=C[C@](C)(O3)[C@]12C(=O)c1ccc(Cl)cc1. The Bertz CT molecular complexity index is 849. The zero-order chi connectivity index (χ0) is 19.1. The van der Waals surface area contributed by atoms with Crippen LogP contribution in [-0.2, 0) is 14.3 Å². The third-order valence-corrected chi connectivity index (χ3v) is 6.27. The molecule has 2 bridgehead atoms. The highest BCUT2D eigenvalue weighted by Gasteiger charge is 3.03. The molecule has 1 aliphatic carbocycles. The number of halogens is 4. The highest BCUT2D eigenvalue weighted by molar-refractivity contribution is 6.30. The summed E-state index contributed by atoms with van der Waals surface area (Å²) < 4.78 is 52.9. The van der Waals surface area contributed by atoms with Gasteiger partial charge in [-0.1, -0.05) is 23.8 Å². The van der Waals surface area contributed by atoms with E-state index in [0.29, 0.717) is 5.02 Å². The van der Waals surface area contributed by atoms with Crippen LogP contribution in [0.5, 0.6) is 0 Å². The third-order valence-electron chi connectivity index (χ3n) is 6.02. The fraction of sp³-hybridized carbons (Fsp3) is 0.444. The lowest BCUT2D eigenvalue weighted by atomic mass is 9.71. The smallest absolute Gasteiger partial charge is 0.399 e. The normalized spacial score (nSPS) is 39.6. The second kappa shape index (κ2) is 4.89. The number of carbonyl (C=O) groups excluding carboxylic acids is 2. The van der Waals surface area contributed by atoms with E-state index < -0.39 is 46.4 Å². The van der Waals surface area contributed by atoms with Crippen molar-refractivity contribution in [1.82, 2.24) is 0 Å². The van der Waals surface area contributed by atoms with Gasteiger partial charge >= 0.3 is 12.1 Å². The van der Waals surface area contributed by atoms with Gasteiger partial charge in [-0.05, 0) is 31.2 Å². The molecule has 1 saturated heterocycles. The lowest BCUT2D eigenvalue weighted by Crippen LogP contribution is -2.44. The van der Waals surface area contributed by atoms with Gasteiger partial charge in [0.05, 0.1) is 30.1 Å². The Morgan fingerprint density at radius 3 is 2.38 bits per heavy atom. The molecule has 4 nitrogen and oxygen atoms in total. The van der Waals surface area contributed by atoms with Gasteiger partial charge in [0, 0.05) is 10.6 Å². The number of hydrogen-bond donors (Lipinski definition) is 0. The Morgan fingerprint density at radius 2 is 1.85 bits per heavy atom. The monoisotopic (exact) mass is 386 g/mol. The first-order chi connectivity index (χ1) is 12.1. The number of Topliss-reactive ketones (excluding diaryl/α,β-unsaturated/α-hetero) is 1. The fourth-order valence-corrected chi connectivity index (χ4v) is 5.19. The second-order valence-electron chi connectivity index (χ2n) is 6.97. The average molecular weight is 387 g/mol. The average Bonchev–Trinajstić information content (AvgIpc) is 3.02. The number of methoxy groups -OCH3 is 1. The van der Waals surface area contributed by atoms with Crippen LogP contribution in [0.25, 0.3) is 0 Å². The van der Waals surface area contributed by atoms with Crippen LogP contribution in [-0.4, -0.2) is 36.7 Å². The van der Waals surface area contributed by atoms with Crippen molar-refractivity contribution in [1.29, 1.82) is 0 Å². The van der Waals surface area contributed by atoms with Crippen molar-refractivity contribution in [3.8, 4) is 0 Å². The van der Waals surface area contributed by atoms with Crippen LogP contribution in [0.15, 0.2) is 36.4 Å². The molecule has 2 fully saturated rings. The third kappa shape index (κ3) is 1.62. The zero-order valence-corrected chi connectivity index (χ0v) is 14.5. The minimum absolute atomic E-state index is 0.0419. The number of hydrogen-bond acceptors (Lipinski definition) is 4. The highest BCUT2D eigenvalue weighted by Crippen LogP contribution is 2.88. The number of rotatable bonds is 3. The van der Waals surface area contributed by atoms with Gasteiger partial charge in [-0.3, -0.25) is 9.59 Å². The molecule has 2 heterocycles. The van der Waals surface area contributed by atoms with E-state index in [9.17, 15) is 22.8 Å². The molecule has 4 rings (SSSR count). The van der Waals surface area contributed by atoms with Crippen molar-refractivity contribution in [3.63, 3.8) is 0 Å². The summed E-state index contributed by atoms with van der Waals surface area (Å²) in [5.41, 5.74) is -6.24. The summed E-state index contributed by atoms with van der Waals surface area (Å²) in [4.78, 5) is 25.7. The quantitative estimate of drug-likeness (QED) is 0.452. The molecule has 8 heteroatoms. The van der Waals surface area contributed by atoms with Crippen molar-refractivity contribution in [3.05, 3.63) is 47.0 Å². The van der Waals surface area contributed by atoms with E-state index in [1.165, 1.54) is 43.3 Å². The lowest BCUT2D eigenvalue weighted by molar-refractivity contribution is -0.212.